The number of rotatable bonds is 7. The molecule has 1 aliphatic rings. The molecule has 4 rings (SSSR count). The molecule has 0 saturated carbocycles. The van der Waals surface area contributed by atoms with Gasteiger partial charge in [-0.2, -0.15) is 5.10 Å². The highest BCUT2D eigenvalue weighted by Gasteiger charge is 2.28. The fourth-order valence-electron chi connectivity index (χ4n) is 3.53. The predicted molar refractivity (Wildman–Crippen MR) is 122 cm³/mol. The molecule has 7 nitrogen and oxygen atoms in total. The van der Waals surface area contributed by atoms with Gasteiger partial charge in [-0.15, -0.1) is 0 Å². The van der Waals surface area contributed by atoms with Crippen molar-refractivity contribution in [1.82, 2.24) is 20.2 Å². The van der Waals surface area contributed by atoms with E-state index >= 15 is 0 Å². The second-order valence-corrected chi connectivity index (χ2v) is 8.01. The summed E-state index contributed by atoms with van der Waals surface area (Å²) in [6.07, 6.45) is 2.09. The first-order valence-electron chi connectivity index (χ1n) is 10.1. The van der Waals surface area contributed by atoms with Crippen LogP contribution in [-0.2, 0) is 0 Å². The Bertz CT molecular complexity index is 1060. The van der Waals surface area contributed by atoms with E-state index in [1.807, 2.05) is 35.3 Å². The van der Waals surface area contributed by atoms with E-state index in [1.54, 1.807) is 22.9 Å². The molecule has 0 bridgehead atoms. The molecule has 3 N–H and O–H groups in total. The van der Waals surface area contributed by atoms with Gasteiger partial charge in [0.1, 0.15) is 12.3 Å². The normalized spacial score (nSPS) is 14.0. The molecule has 2 aromatic carbocycles. The second-order valence-electron chi connectivity index (χ2n) is 7.17. The van der Waals surface area contributed by atoms with Gasteiger partial charge in [-0.05, 0) is 37.1 Å². The van der Waals surface area contributed by atoms with E-state index in [2.05, 4.69) is 10.5 Å². The molecule has 0 unspecified atom stereocenters. The van der Waals surface area contributed by atoms with Crippen LogP contribution in [-0.4, -0.2) is 46.9 Å². The molecular weight excluding hydrogens is 437 g/mol. The zero-order valence-corrected chi connectivity index (χ0v) is 18.4. The fourth-order valence-corrected chi connectivity index (χ4v) is 3.88. The van der Waals surface area contributed by atoms with Gasteiger partial charge in [0.05, 0.1) is 10.7 Å². The van der Waals surface area contributed by atoms with Gasteiger partial charge in [0, 0.05) is 30.2 Å². The summed E-state index contributed by atoms with van der Waals surface area (Å²) in [6, 6.07) is 14.6. The van der Waals surface area contributed by atoms with Gasteiger partial charge in [0.25, 0.3) is 5.91 Å². The van der Waals surface area contributed by atoms with Crippen LogP contribution in [0.1, 0.15) is 23.3 Å². The van der Waals surface area contributed by atoms with Crippen LogP contribution in [0.4, 0.5) is 0 Å². The molecule has 31 heavy (non-hydrogen) atoms. The number of carbonyl (C=O) groups is 1. The molecule has 0 spiro atoms. The fraction of sp³-hybridized carbons (Fsp3) is 0.273. The van der Waals surface area contributed by atoms with Crippen molar-refractivity contribution in [2.24, 2.45) is 5.73 Å². The molecule has 0 aliphatic carbocycles. The first-order valence-corrected chi connectivity index (χ1v) is 10.9. The second kappa shape index (κ2) is 9.70. The maximum atomic E-state index is 13.2. The Kier molecular flexibility index (Phi) is 6.77. The van der Waals surface area contributed by atoms with Crippen LogP contribution in [0, 0.1) is 0 Å². The summed E-state index contributed by atoms with van der Waals surface area (Å²) in [5, 5.41) is 7.62. The Morgan fingerprint density at radius 1 is 1.10 bits per heavy atom. The zero-order valence-electron chi connectivity index (χ0n) is 16.9. The van der Waals surface area contributed by atoms with E-state index in [0.717, 1.165) is 31.5 Å². The lowest BCUT2D eigenvalue weighted by Crippen LogP contribution is -2.40. The number of hydrogen-bond acceptors (Lipinski definition) is 5. The van der Waals surface area contributed by atoms with E-state index < -0.39 is 0 Å². The Hall–Kier alpha value is -2.58. The number of nitrogens with two attached hydrogens (primary N) is 1. The summed E-state index contributed by atoms with van der Waals surface area (Å²) in [5.74, 6) is 0.0133. The average Bonchev–Trinajstić information content (AvgIpc) is 3.41. The maximum absolute atomic E-state index is 13.2. The molecule has 162 valence electrons. The minimum atomic E-state index is -0.338. The van der Waals surface area contributed by atoms with E-state index in [9.17, 15) is 4.79 Å². The van der Waals surface area contributed by atoms with Gasteiger partial charge < -0.3 is 10.5 Å². The molecule has 0 atom stereocenters. The number of aromatic nitrogens is 2. The summed E-state index contributed by atoms with van der Waals surface area (Å²) in [6.45, 7) is 2.14. The Balaban J connectivity index is 1.88. The number of halogens is 2. The maximum Gasteiger partial charge on any atom is 0.289 e. The van der Waals surface area contributed by atoms with Gasteiger partial charge >= 0.3 is 0 Å². The van der Waals surface area contributed by atoms with E-state index in [1.165, 1.54) is 0 Å². The summed E-state index contributed by atoms with van der Waals surface area (Å²) in [7, 11) is 0. The van der Waals surface area contributed by atoms with Crippen molar-refractivity contribution < 1.29 is 9.53 Å². The lowest BCUT2D eigenvalue weighted by molar-refractivity contribution is 0.0816. The van der Waals surface area contributed by atoms with Crippen molar-refractivity contribution in [2.75, 3.05) is 26.2 Å². The van der Waals surface area contributed by atoms with Crippen molar-refractivity contribution in [2.45, 2.75) is 12.8 Å². The van der Waals surface area contributed by atoms with Gasteiger partial charge in [0.15, 0.2) is 11.4 Å². The molecule has 3 aromatic rings. The van der Waals surface area contributed by atoms with Crippen LogP contribution in [0.3, 0.4) is 0 Å². The highest BCUT2D eigenvalue weighted by molar-refractivity contribution is 6.32. The first-order chi connectivity index (χ1) is 15.1. The average molecular weight is 460 g/mol. The number of nitrogens with zero attached hydrogens (tertiary/aromatic N) is 3. The molecule has 1 amide bonds. The minimum absolute atomic E-state index is 0.171. The lowest BCUT2D eigenvalue weighted by Gasteiger charge is -2.16. The largest absolute Gasteiger partial charge is 0.487 e. The van der Waals surface area contributed by atoms with Gasteiger partial charge in [-0.3, -0.25) is 10.2 Å². The molecule has 0 radical (unpaired) electrons. The number of carbonyl (C=O) groups excluding carboxylic acids is 1. The Labute approximate surface area is 190 Å². The third kappa shape index (κ3) is 4.70. The topological polar surface area (TPSA) is 85.4 Å². The predicted octanol–water partition coefficient (Wildman–Crippen LogP) is 3.92. The Morgan fingerprint density at radius 2 is 1.81 bits per heavy atom. The molecular formula is C22H23Cl2N5O2. The number of hydrazine groups is 1. The smallest absolute Gasteiger partial charge is 0.289 e. The van der Waals surface area contributed by atoms with Crippen LogP contribution in [0.25, 0.3) is 16.9 Å². The monoisotopic (exact) mass is 459 g/mol. The standard InChI is InChI=1S/C22H23Cl2N5O2/c23-16-9-7-15(8-10-16)20-21(31-14-11-25)19(22(30)27-28-12-3-4-13-28)26-29(20)18-6-2-1-5-17(18)24/h1-2,5-10H,3-4,11-14,25H2,(H,27,30). The van der Waals surface area contributed by atoms with Crippen molar-refractivity contribution in [3.8, 4) is 22.7 Å². The van der Waals surface area contributed by atoms with E-state index in [-0.39, 0.29) is 18.2 Å². The summed E-state index contributed by atoms with van der Waals surface area (Å²) in [4.78, 5) is 13.2. The van der Waals surface area contributed by atoms with Crippen molar-refractivity contribution >= 4 is 29.1 Å². The van der Waals surface area contributed by atoms with E-state index in [0.29, 0.717) is 33.7 Å². The first kappa shape index (κ1) is 21.6. The quantitative estimate of drug-likeness (QED) is 0.558. The molecule has 1 aromatic heterocycles. The summed E-state index contributed by atoms with van der Waals surface area (Å²) >= 11 is 12.6. The minimum Gasteiger partial charge on any atom is -0.487 e. The van der Waals surface area contributed by atoms with Crippen molar-refractivity contribution in [3.05, 3.63) is 64.3 Å². The third-order valence-corrected chi connectivity index (χ3v) is 5.56. The van der Waals surface area contributed by atoms with Crippen LogP contribution < -0.4 is 15.9 Å². The number of hydrogen-bond donors (Lipinski definition) is 2. The molecule has 1 fully saturated rings. The molecule has 1 aliphatic heterocycles. The SMILES string of the molecule is NCCOc1c(C(=O)NN2CCCC2)nn(-c2ccccc2Cl)c1-c1ccc(Cl)cc1. The zero-order chi connectivity index (χ0) is 21.8. The third-order valence-electron chi connectivity index (χ3n) is 4.99. The molecule has 9 heteroatoms. The van der Waals surface area contributed by atoms with Crippen molar-refractivity contribution in [1.29, 1.82) is 0 Å². The van der Waals surface area contributed by atoms with Crippen LogP contribution >= 0.6 is 23.2 Å². The van der Waals surface area contributed by atoms with Crippen LogP contribution in [0.5, 0.6) is 5.75 Å². The number of ether oxygens (including phenoxy) is 1. The number of para-hydroxylation sites is 1. The number of nitrogens with one attached hydrogen (secondary N) is 1. The van der Waals surface area contributed by atoms with Gasteiger partial charge in [0.2, 0.25) is 0 Å². The highest BCUT2D eigenvalue weighted by Crippen LogP contribution is 2.37. The lowest BCUT2D eigenvalue weighted by atomic mass is 10.1. The number of amides is 1. The van der Waals surface area contributed by atoms with Gasteiger partial charge in [-0.25, -0.2) is 9.69 Å². The molecule has 2 heterocycles. The van der Waals surface area contributed by atoms with Crippen molar-refractivity contribution in [3.63, 3.8) is 0 Å². The molecule has 1 saturated heterocycles. The summed E-state index contributed by atoms with van der Waals surface area (Å²) in [5.41, 5.74) is 10.8. The van der Waals surface area contributed by atoms with Gasteiger partial charge in [-0.1, -0.05) is 47.5 Å². The number of benzene rings is 2. The highest BCUT2D eigenvalue weighted by atomic mass is 35.5. The van der Waals surface area contributed by atoms with Crippen LogP contribution in [0.15, 0.2) is 48.5 Å². The van der Waals surface area contributed by atoms with E-state index in [4.69, 9.17) is 33.7 Å². The van der Waals surface area contributed by atoms with Crippen LogP contribution in [0.2, 0.25) is 10.0 Å². The summed E-state index contributed by atoms with van der Waals surface area (Å²) < 4.78 is 7.60. The Morgan fingerprint density at radius 3 is 2.48 bits per heavy atom.